The van der Waals surface area contributed by atoms with Crippen LogP contribution in [0.15, 0.2) is 30.3 Å². The summed E-state index contributed by atoms with van der Waals surface area (Å²) in [7, 11) is 0. The van der Waals surface area contributed by atoms with Crippen LogP contribution < -0.4 is 4.74 Å². The zero-order valence-corrected chi connectivity index (χ0v) is 22.8. The minimum absolute atomic E-state index is 0.000225. The van der Waals surface area contributed by atoms with Gasteiger partial charge in [0.25, 0.3) is 5.91 Å². The molecule has 10 heteroatoms. The largest absolute Gasteiger partial charge is 0.468 e. The molecule has 3 aliphatic heterocycles. The number of Topliss-reactive ketones (excluding diaryl/α,β-unsaturated/α-hetero) is 1. The fourth-order valence-electron chi connectivity index (χ4n) is 5.92. The second kappa shape index (κ2) is 12.3. The number of carbonyl (C=O) groups excluding carboxylic acids is 2. The molecule has 1 aromatic heterocycles. The van der Waals surface area contributed by atoms with Gasteiger partial charge in [-0.1, -0.05) is 18.2 Å². The Kier molecular flexibility index (Phi) is 8.75. The van der Waals surface area contributed by atoms with Crippen LogP contribution in [0.1, 0.15) is 70.1 Å². The molecule has 3 aliphatic rings. The number of alkyl halides is 3. The van der Waals surface area contributed by atoms with Gasteiger partial charge in [0.05, 0.1) is 12.7 Å². The van der Waals surface area contributed by atoms with Crippen molar-refractivity contribution in [1.29, 1.82) is 0 Å². The van der Waals surface area contributed by atoms with Crippen LogP contribution in [-0.4, -0.2) is 78.1 Å². The average molecular weight is 560 g/mol. The molecule has 0 aliphatic carbocycles. The zero-order valence-electron chi connectivity index (χ0n) is 22.8. The van der Waals surface area contributed by atoms with Crippen LogP contribution in [0.2, 0.25) is 0 Å². The van der Waals surface area contributed by atoms with Crippen LogP contribution >= 0.6 is 0 Å². The minimum atomic E-state index is -4.39. The van der Waals surface area contributed by atoms with Gasteiger partial charge >= 0.3 is 6.18 Å². The molecule has 1 saturated heterocycles. The number of hydrogen-bond donors (Lipinski definition) is 0. The lowest BCUT2D eigenvalue weighted by atomic mass is 9.89. The Morgan fingerprint density at radius 3 is 2.73 bits per heavy atom. The summed E-state index contributed by atoms with van der Waals surface area (Å²) in [6, 6.07) is 8.79. The summed E-state index contributed by atoms with van der Waals surface area (Å²) >= 11 is 0. The first-order chi connectivity index (χ1) is 19.2. The molecule has 1 amide bonds. The Morgan fingerprint density at radius 2 is 1.98 bits per heavy atom. The Balaban J connectivity index is 1.06. The molecule has 2 aromatic rings. The van der Waals surface area contributed by atoms with E-state index >= 15 is 0 Å². The topological polar surface area (TPSA) is 72.0 Å². The van der Waals surface area contributed by atoms with E-state index in [1.807, 2.05) is 25.1 Å². The highest BCUT2D eigenvalue weighted by molar-refractivity contribution is 6.05. The molecule has 4 heterocycles. The van der Waals surface area contributed by atoms with Crippen molar-refractivity contribution in [2.75, 3.05) is 39.4 Å². The number of pyridine rings is 1. The molecule has 216 valence electrons. The van der Waals surface area contributed by atoms with E-state index in [9.17, 15) is 22.8 Å². The summed E-state index contributed by atoms with van der Waals surface area (Å²) in [6.07, 6.45) is 0.379. The number of carbonyl (C=O) groups is 2. The third-order valence-corrected chi connectivity index (χ3v) is 8.22. The quantitative estimate of drug-likeness (QED) is 0.409. The normalized spacial score (nSPS) is 21.6. The SMILES string of the molecule is CCN1Cc2c(C(=O)C[C@H]3CC[C@H](CCN4CCc5ccc(OCC(F)(F)F)nc5CC4)OC3)cccc2C1=O. The second-order valence-electron chi connectivity index (χ2n) is 11.0. The number of ether oxygens (including phenoxy) is 2. The number of fused-ring (bicyclic) bond motifs is 2. The van der Waals surface area contributed by atoms with E-state index < -0.39 is 12.8 Å². The van der Waals surface area contributed by atoms with Gasteiger partial charge < -0.3 is 19.3 Å². The van der Waals surface area contributed by atoms with Crippen molar-refractivity contribution in [2.45, 2.75) is 64.3 Å². The molecule has 2 atom stereocenters. The van der Waals surface area contributed by atoms with Crippen LogP contribution in [-0.2, 0) is 24.1 Å². The number of hydrogen-bond acceptors (Lipinski definition) is 6. The van der Waals surface area contributed by atoms with E-state index in [0.717, 1.165) is 62.1 Å². The van der Waals surface area contributed by atoms with Gasteiger partial charge in [-0.05, 0) is 55.7 Å². The highest BCUT2D eigenvalue weighted by Crippen LogP contribution is 2.30. The Bertz CT molecular complexity index is 1230. The average Bonchev–Trinajstić information content (AvgIpc) is 3.13. The van der Waals surface area contributed by atoms with Crippen molar-refractivity contribution in [3.05, 3.63) is 58.3 Å². The highest BCUT2D eigenvalue weighted by Gasteiger charge is 2.32. The maximum Gasteiger partial charge on any atom is 0.422 e. The van der Waals surface area contributed by atoms with Gasteiger partial charge in [0, 0.05) is 68.5 Å². The number of halogens is 3. The van der Waals surface area contributed by atoms with Crippen molar-refractivity contribution in [3.63, 3.8) is 0 Å². The molecular formula is C30H36F3N3O4. The summed E-state index contributed by atoms with van der Waals surface area (Å²) in [5, 5.41) is 0. The van der Waals surface area contributed by atoms with Gasteiger partial charge in [0.15, 0.2) is 12.4 Å². The third-order valence-electron chi connectivity index (χ3n) is 8.22. The van der Waals surface area contributed by atoms with E-state index in [1.165, 1.54) is 6.07 Å². The van der Waals surface area contributed by atoms with E-state index in [2.05, 4.69) is 9.88 Å². The summed E-state index contributed by atoms with van der Waals surface area (Å²) in [6.45, 7) is 4.81. The van der Waals surface area contributed by atoms with E-state index in [1.54, 1.807) is 11.0 Å². The monoisotopic (exact) mass is 559 g/mol. The summed E-state index contributed by atoms with van der Waals surface area (Å²) < 4.78 is 48.4. The fraction of sp³-hybridized carbons (Fsp3) is 0.567. The number of ketones is 1. The molecule has 40 heavy (non-hydrogen) atoms. The minimum Gasteiger partial charge on any atom is -0.468 e. The summed E-state index contributed by atoms with van der Waals surface area (Å²) in [5.41, 5.74) is 4.03. The van der Waals surface area contributed by atoms with Crippen LogP contribution in [0.4, 0.5) is 13.2 Å². The number of aromatic nitrogens is 1. The zero-order chi connectivity index (χ0) is 28.3. The van der Waals surface area contributed by atoms with Crippen LogP contribution in [0.3, 0.4) is 0 Å². The fourth-order valence-corrected chi connectivity index (χ4v) is 5.92. The molecule has 0 N–H and O–H groups in total. The summed E-state index contributed by atoms with van der Waals surface area (Å²) in [5.74, 6) is 0.271. The lowest BCUT2D eigenvalue weighted by Gasteiger charge is -2.30. The maximum absolute atomic E-state index is 13.2. The van der Waals surface area contributed by atoms with Crippen molar-refractivity contribution in [3.8, 4) is 5.88 Å². The van der Waals surface area contributed by atoms with Crippen molar-refractivity contribution in [1.82, 2.24) is 14.8 Å². The second-order valence-corrected chi connectivity index (χ2v) is 11.0. The predicted molar refractivity (Wildman–Crippen MR) is 143 cm³/mol. The van der Waals surface area contributed by atoms with Gasteiger partial charge in [-0.3, -0.25) is 9.59 Å². The van der Waals surface area contributed by atoms with Gasteiger partial charge in [-0.2, -0.15) is 13.2 Å². The first kappa shape index (κ1) is 28.5. The number of rotatable bonds is 9. The molecule has 0 spiro atoms. The Morgan fingerprint density at radius 1 is 1.15 bits per heavy atom. The predicted octanol–water partition coefficient (Wildman–Crippen LogP) is 4.86. The number of benzene rings is 1. The maximum atomic E-state index is 13.2. The van der Waals surface area contributed by atoms with Gasteiger partial charge in [0.1, 0.15) is 0 Å². The standard InChI is InChI=1S/C30H36F3N3O4/c1-2-36-17-25-23(4-3-5-24(25)29(36)38)27(37)16-20-6-8-22(39-18-20)11-14-35-13-10-21-7-9-28(34-26(21)12-15-35)40-19-30(31,32)33/h3-5,7,9,20,22H,2,6,8,10-19H2,1H3/t20-,22-/m1/s1. The molecular weight excluding hydrogens is 523 g/mol. The third kappa shape index (κ3) is 6.83. The van der Waals surface area contributed by atoms with Gasteiger partial charge in [-0.25, -0.2) is 4.98 Å². The van der Waals surface area contributed by atoms with Crippen molar-refractivity contribution >= 4 is 11.7 Å². The highest BCUT2D eigenvalue weighted by atomic mass is 19.4. The van der Waals surface area contributed by atoms with E-state index in [-0.39, 0.29) is 29.6 Å². The molecule has 0 bridgehead atoms. The molecule has 0 saturated carbocycles. The smallest absolute Gasteiger partial charge is 0.422 e. The van der Waals surface area contributed by atoms with Crippen LogP contribution in [0, 0.1) is 5.92 Å². The lowest BCUT2D eigenvalue weighted by molar-refractivity contribution is -0.154. The molecule has 7 nitrogen and oxygen atoms in total. The van der Waals surface area contributed by atoms with E-state index in [4.69, 9.17) is 9.47 Å². The Labute approximate surface area is 232 Å². The van der Waals surface area contributed by atoms with Crippen LogP contribution in [0.25, 0.3) is 0 Å². The lowest BCUT2D eigenvalue weighted by Crippen LogP contribution is -2.33. The van der Waals surface area contributed by atoms with Crippen LogP contribution in [0.5, 0.6) is 5.88 Å². The number of nitrogens with zero attached hydrogens (tertiary/aromatic N) is 3. The number of amides is 1. The Hall–Kier alpha value is -2.98. The van der Waals surface area contributed by atoms with Gasteiger partial charge in [-0.15, -0.1) is 0 Å². The van der Waals surface area contributed by atoms with Crippen molar-refractivity contribution in [2.24, 2.45) is 5.92 Å². The summed E-state index contributed by atoms with van der Waals surface area (Å²) in [4.78, 5) is 34.1. The first-order valence-corrected chi connectivity index (χ1v) is 14.2. The molecule has 1 fully saturated rings. The molecule has 5 rings (SSSR count). The molecule has 0 unspecified atom stereocenters. The first-order valence-electron chi connectivity index (χ1n) is 14.2. The molecule has 0 radical (unpaired) electrons. The van der Waals surface area contributed by atoms with E-state index in [0.29, 0.717) is 43.7 Å². The molecule has 1 aromatic carbocycles. The van der Waals surface area contributed by atoms with Gasteiger partial charge in [0.2, 0.25) is 5.88 Å². The van der Waals surface area contributed by atoms with Crippen molar-refractivity contribution < 1.29 is 32.2 Å².